The van der Waals surface area contributed by atoms with Gasteiger partial charge in [-0.05, 0) is 43.7 Å². The number of nitrogens with zero attached hydrogens (tertiary/aromatic N) is 2. The number of hydrogen-bond acceptors (Lipinski definition) is 3. The minimum atomic E-state index is 0.490. The fraction of sp³-hybridized carbons (Fsp3) is 0.769. The van der Waals surface area contributed by atoms with Crippen LogP contribution in [0.5, 0.6) is 0 Å². The first-order chi connectivity index (χ1) is 8.33. The maximum atomic E-state index is 5.82. The number of aryl methyl sites for hydroxylation is 1. The zero-order valence-electron chi connectivity index (χ0n) is 10.4. The molecule has 1 aromatic rings. The van der Waals surface area contributed by atoms with E-state index in [2.05, 4.69) is 16.6 Å². The molecule has 0 radical (unpaired) electrons. The molecule has 2 unspecified atom stereocenters. The van der Waals surface area contributed by atoms with Gasteiger partial charge in [0.15, 0.2) is 0 Å². The van der Waals surface area contributed by atoms with Gasteiger partial charge >= 0.3 is 0 Å². The largest absolute Gasteiger partial charge is 0.376 e. The second kappa shape index (κ2) is 4.78. The fourth-order valence-corrected chi connectivity index (χ4v) is 2.72. The topological polar surface area (TPSA) is 39.1 Å². The summed E-state index contributed by atoms with van der Waals surface area (Å²) in [7, 11) is 1.96. The maximum Gasteiger partial charge on any atom is 0.0756 e. The van der Waals surface area contributed by atoms with Gasteiger partial charge in [-0.1, -0.05) is 0 Å². The Hall–Kier alpha value is -0.870. The normalized spacial score (nSPS) is 28.8. The fourth-order valence-electron chi connectivity index (χ4n) is 2.72. The SMILES string of the molecule is Cn1cc(CCNC2CCOC2C2CC2)cn1. The molecule has 3 rings (SSSR count). The van der Waals surface area contributed by atoms with Crippen LogP contribution < -0.4 is 5.32 Å². The number of hydrogen-bond donors (Lipinski definition) is 1. The van der Waals surface area contributed by atoms with Crippen LogP contribution >= 0.6 is 0 Å². The summed E-state index contributed by atoms with van der Waals surface area (Å²) in [5.74, 6) is 0.841. The van der Waals surface area contributed by atoms with Crippen LogP contribution in [0, 0.1) is 5.92 Å². The highest BCUT2D eigenvalue weighted by molar-refractivity contribution is 5.04. The van der Waals surface area contributed by atoms with Gasteiger partial charge in [0.25, 0.3) is 0 Å². The van der Waals surface area contributed by atoms with Crippen LogP contribution in [0.2, 0.25) is 0 Å². The Morgan fingerprint density at radius 3 is 3.06 bits per heavy atom. The lowest BCUT2D eigenvalue weighted by Gasteiger charge is -2.19. The first-order valence-electron chi connectivity index (χ1n) is 6.65. The predicted octanol–water partition coefficient (Wildman–Crippen LogP) is 1.12. The summed E-state index contributed by atoms with van der Waals surface area (Å²) in [4.78, 5) is 0. The Morgan fingerprint density at radius 2 is 2.35 bits per heavy atom. The summed E-state index contributed by atoms with van der Waals surface area (Å²) in [6.07, 6.45) is 9.49. The minimum absolute atomic E-state index is 0.490. The monoisotopic (exact) mass is 235 g/mol. The second-order valence-electron chi connectivity index (χ2n) is 5.29. The van der Waals surface area contributed by atoms with Crippen molar-refractivity contribution in [1.82, 2.24) is 15.1 Å². The van der Waals surface area contributed by atoms with Crippen LogP contribution in [-0.4, -0.2) is 35.1 Å². The van der Waals surface area contributed by atoms with Crippen molar-refractivity contribution < 1.29 is 4.74 Å². The van der Waals surface area contributed by atoms with Gasteiger partial charge in [-0.15, -0.1) is 0 Å². The Labute approximate surface area is 102 Å². The third kappa shape index (κ3) is 2.69. The van der Waals surface area contributed by atoms with Crippen LogP contribution in [0.4, 0.5) is 0 Å². The molecule has 2 heterocycles. The van der Waals surface area contributed by atoms with E-state index in [1.165, 1.54) is 24.8 Å². The Bertz CT molecular complexity index is 372. The average Bonchev–Trinajstić information content (AvgIpc) is 2.92. The molecule has 1 aliphatic heterocycles. The van der Waals surface area contributed by atoms with E-state index in [1.807, 2.05) is 17.9 Å². The van der Waals surface area contributed by atoms with Crippen molar-refractivity contribution in [3.63, 3.8) is 0 Å². The molecule has 94 valence electrons. The molecule has 0 amide bonds. The van der Waals surface area contributed by atoms with E-state index in [1.54, 1.807) is 0 Å². The molecule has 2 aliphatic rings. The van der Waals surface area contributed by atoms with Gasteiger partial charge in [0.2, 0.25) is 0 Å². The maximum absolute atomic E-state index is 5.82. The zero-order chi connectivity index (χ0) is 11.7. The van der Waals surface area contributed by atoms with Crippen molar-refractivity contribution in [3.8, 4) is 0 Å². The van der Waals surface area contributed by atoms with E-state index in [0.29, 0.717) is 12.1 Å². The van der Waals surface area contributed by atoms with Crippen LogP contribution in [0.15, 0.2) is 12.4 Å². The summed E-state index contributed by atoms with van der Waals surface area (Å²) < 4.78 is 7.68. The Balaban J connectivity index is 1.44. The summed E-state index contributed by atoms with van der Waals surface area (Å²) >= 11 is 0. The molecule has 4 heteroatoms. The molecule has 0 spiro atoms. The standard InChI is InChI=1S/C13H21N3O/c1-16-9-10(8-15-16)4-6-14-12-5-7-17-13(12)11-2-3-11/h8-9,11-14H,2-7H2,1H3. The Kier molecular flexibility index (Phi) is 3.16. The number of nitrogens with one attached hydrogen (secondary N) is 1. The molecule has 1 N–H and O–H groups in total. The number of ether oxygens (including phenoxy) is 1. The zero-order valence-corrected chi connectivity index (χ0v) is 10.4. The quantitative estimate of drug-likeness (QED) is 0.831. The first kappa shape index (κ1) is 11.2. The van der Waals surface area contributed by atoms with Gasteiger partial charge in [-0.2, -0.15) is 5.10 Å². The van der Waals surface area contributed by atoms with Gasteiger partial charge in [0.05, 0.1) is 12.3 Å². The second-order valence-corrected chi connectivity index (χ2v) is 5.29. The van der Waals surface area contributed by atoms with Crippen molar-refractivity contribution in [2.24, 2.45) is 13.0 Å². The van der Waals surface area contributed by atoms with Crippen LogP contribution in [0.1, 0.15) is 24.8 Å². The van der Waals surface area contributed by atoms with Gasteiger partial charge in [-0.3, -0.25) is 4.68 Å². The predicted molar refractivity (Wildman–Crippen MR) is 65.8 cm³/mol. The highest BCUT2D eigenvalue weighted by Gasteiger charge is 2.40. The third-order valence-electron chi connectivity index (χ3n) is 3.80. The third-order valence-corrected chi connectivity index (χ3v) is 3.80. The Morgan fingerprint density at radius 1 is 1.47 bits per heavy atom. The molecular formula is C13H21N3O. The van der Waals surface area contributed by atoms with E-state index < -0.39 is 0 Å². The van der Waals surface area contributed by atoms with Crippen molar-refractivity contribution in [2.75, 3.05) is 13.2 Å². The average molecular weight is 235 g/mol. The molecule has 4 nitrogen and oxygen atoms in total. The summed E-state index contributed by atoms with van der Waals surface area (Å²) in [5, 5.41) is 7.83. The van der Waals surface area contributed by atoms with Crippen molar-refractivity contribution in [3.05, 3.63) is 18.0 Å². The summed E-state index contributed by atoms with van der Waals surface area (Å²) in [6, 6.07) is 0.583. The summed E-state index contributed by atoms with van der Waals surface area (Å²) in [5.41, 5.74) is 1.31. The summed E-state index contributed by atoms with van der Waals surface area (Å²) in [6.45, 7) is 1.97. The molecule has 0 aromatic carbocycles. The van der Waals surface area contributed by atoms with Crippen LogP contribution in [0.25, 0.3) is 0 Å². The molecule has 1 saturated heterocycles. The van der Waals surface area contributed by atoms with E-state index in [9.17, 15) is 0 Å². The molecule has 1 aliphatic carbocycles. The molecule has 17 heavy (non-hydrogen) atoms. The van der Waals surface area contributed by atoms with E-state index in [-0.39, 0.29) is 0 Å². The van der Waals surface area contributed by atoms with E-state index in [4.69, 9.17) is 4.74 Å². The van der Waals surface area contributed by atoms with Crippen LogP contribution in [-0.2, 0) is 18.2 Å². The smallest absolute Gasteiger partial charge is 0.0756 e. The van der Waals surface area contributed by atoms with E-state index in [0.717, 1.165) is 25.5 Å². The lowest BCUT2D eigenvalue weighted by Crippen LogP contribution is -2.38. The highest BCUT2D eigenvalue weighted by atomic mass is 16.5. The van der Waals surface area contributed by atoms with Gasteiger partial charge in [-0.25, -0.2) is 0 Å². The molecule has 2 fully saturated rings. The number of aromatic nitrogens is 2. The molecular weight excluding hydrogens is 214 g/mol. The van der Waals surface area contributed by atoms with Crippen molar-refractivity contribution >= 4 is 0 Å². The first-order valence-corrected chi connectivity index (χ1v) is 6.65. The van der Waals surface area contributed by atoms with E-state index >= 15 is 0 Å². The van der Waals surface area contributed by atoms with Crippen LogP contribution in [0.3, 0.4) is 0 Å². The van der Waals surface area contributed by atoms with Gasteiger partial charge < -0.3 is 10.1 Å². The van der Waals surface area contributed by atoms with Crippen molar-refractivity contribution in [1.29, 1.82) is 0 Å². The van der Waals surface area contributed by atoms with Crippen molar-refractivity contribution in [2.45, 2.75) is 37.8 Å². The lowest BCUT2D eigenvalue weighted by atomic mass is 10.1. The minimum Gasteiger partial charge on any atom is -0.376 e. The number of rotatable bonds is 5. The molecule has 1 aromatic heterocycles. The molecule has 0 bridgehead atoms. The molecule has 2 atom stereocenters. The van der Waals surface area contributed by atoms with Gasteiger partial charge in [0.1, 0.15) is 0 Å². The highest BCUT2D eigenvalue weighted by Crippen LogP contribution is 2.38. The molecule has 1 saturated carbocycles. The van der Waals surface area contributed by atoms with Gasteiger partial charge in [0, 0.05) is 25.9 Å². The lowest BCUT2D eigenvalue weighted by molar-refractivity contribution is 0.0813.